The second-order valence-corrected chi connectivity index (χ2v) is 9.40. The molecule has 1 aliphatic heterocycles. The van der Waals surface area contributed by atoms with Crippen molar-refractivity contribution in [3.63, 3.8) is 0 Å². The Morgan fingerprint density at radius 2 is 1.96 bits per heavy atom. The first-order valence-corrected chi connectivity index (χ1v) is 9.47. The lowest BCUT2D eigenvalue weighted by molar-refractivity contribution is -0.270. The standard InChI is InChI=1S/C20H34O4/c1-13(2)16(24-22)6-8-18(3)10-11-20(5)17(23-20)7-9-19(4,21)15-12-14(15)18/h14-17,21-22H,1,6-12H2,2-5H3/t14-,15-,16+,17-,18-,19-,20-/m0/s1. The maximum Gasteiger partial charge on any atom is 0.113 e. The third-order valence-electron chi connectivity index (χ3n) is 7.28. The third-order valence-corrected chi connectivity index (χ3v) is 7.28. The molecular formula is C20H34O4. The van der Waals surface area contributed by atoms with Crippen LogP contribution in [0.2, 0.25) is 0 Å². The van der Waals surface area contributed by atoms with Crippen LogP contribution in [0.4, 0.5) is 0 Å². The minimum Gasteiger partial charge on any atom is -0.390 e. The summed E-state index contributed by atoms with van der Waals surface area (Å²) in [6.07, 6.45) is 6.87. The Morgan fingerprint density at radius 3 is 2.58 bits per heavy atom. The maximum atomic E-state index is 10.9. The molecule has 0 spiro atoms. The van der Waals surface area contributed by atoms with Crippen molar-refractivity contribution in [3.05, 3.63) is 12.2 Å². The van der Waals surface area contributed by atoms with Gasteiger partial charge in [0.1, 0.15) is 6.10 Å². The Kier molecular flexibility index (Phi) is 4.66. The van der Waals surface area contributed by atoms with Crippen LogP contribution >= 0.6 is 0 Å². The van der Waals surface area contributed by atoms with Crippen molar-refractivity contribution in [2.24, 2.45) is 17.3 Å². The van der Waals surface area contributed by atoms with Gasteiger partial charge in [-0.15, -0.1) is 0 Å². The molecule has 138 valence electrons. The number of fused-ring (bicyclic) bond motifs is 2. The van der Waals surface area contributed by atoms with E-state index in [2.05, 4.69) is 25.3 Å². The molecule has 3 rings (SSSR count). The van der Waals surface area contributed by atoms with E-state index < -0.39 is 5.60 Å². The summed E-state index contributed by atoms with van der Waals surface area (Å²) in [5.41, 5.74) is 0.424. The Bertz CT molecular complexity index is 502. The molecule has 0 aromatic rings. The number of aliphatic hydroxyl groups is 1. The van der Waals surface area contributed by atoms with Crippen LogP contribution in [0.25, 0.3) is 0 Å². The van der Waals surface area contributed by atoms with E-state index in [9.17, 15) is 5.11 Å². The molecule has 1 saturated heterocycles. The Labute approximate surface area is 146 Å². The molecule has 4 nitrogen and oxygen atoms in total. The zero-order valence-corrected chi connectivity index (χ0v) is 15.7. The fourth-order valence-corrected chi connectivity index (χ4v) is 5.02. The van der Waals surface area contributed by atoms with E-state index in [4.69, 9.17) is 9.99 Å². The molecular weight excluding hydrogens is 304 g/mol. The van der Waals surface area contributed by atoms with Gasteiger partial charge in [0, 0.05) is 0 Å². The second-order valence-electron chi connectivity index (χ2n) is 9.40. The van der Waals surface area contributed by atoms with Crippen LogP contribution in [0.3, 0.4) is 0 Å². The molecule has 2 aliphatic carbocycles. The number of hydrogen-bond donors (Lipinski definition) is 2. The highest BCUT2D eigenvalue weighted by atomic mass is 17.1. The molecule has 24 heavy (non-hydrogen) atoms. The van der Waals surface area contributed by atoms with E-state index in [1.54, 1.807) is 0 Å². The van der Waals surface area contributed by atoms with E-state index in [0.29, 0.717) is 17.9 Å². The average Bonchev–Trinajstić information content (AvgIpc) is 3.38. The van der Waals surface area contributed by atoms with E-state index in [-0.39, 0.29) is 17.1 Å². The van der Waals surface area contributed by atoms with Crippen molar-refractivity contribution in [2.75, 3.05) is 0 Å². The molecule has 2 saturated carbocycles. The van der Waals surface area contributed by atoms with Crippen LogP contribution in [0.5, 0.6) is 0 Å². The fraction of sp³-hybridized carbons (Fsp3) is 0.900. The van der Waals surface area contributed by atoms with E-state index in [0.717, 1.165) is 50.5 Å². The summed E-state index contributed by atoms with van der Waals surface area (Å²) >= 11 is 0. The quantitative estimate of drug-likeness (QED) is 0.339. The van der Waals surface area contributed by atoms with Gasteiger partial charge in [0.05, 0.1) is 17.3 Å². The van der Waals surface area contributed by atoms with Crippen molar-refractivity contribution in [1.82, 2.24) is 0 Å². The first-order chi connectivity index (χ1) is 11.1. The van der Waals surface area contributed by atoms with Gasteiger partial charge in [-0.25, -0.2) is 4.89 Å². The van der Waals surface area contributed by atoms with Gasteiger partial charge in [-0.2, -0.15) is 0 Å². The van der Waals surface area contributed by atoms with Crippen molar-refractivity contribution in [3.8, 4) is 0 Å². The van der Waals surface area contributed by atoms with Gasteiger partial charge in [0.15, 0.2) is 0 Å². The summed E-state index contributed by atoms with van der Waals surface area (Å²) < 4.78 is 5.97. The highest BCUT2D eigenvalue weighted by Gasteiger charge is 2.60. The number of hydrogen-bond acceptors (Lipinski definition) is 4. The van der Waals surface area contributed by atoms with Crippen LogP contribution in [-0.4, -0.2) is 33.8 Å². The van der Waals surface area contributed by atoms with E-state index >= 15 is 0 Å². The summed E-state index contributed by atoms with van der Waals surface area (Å²) in [6, 6.07) is 0. The van der Waals surface area contributed by atoms with Gasteiger partial charge in [-0.1, -0.05) is 13.5 Å². The molecule has 0 aromatic carbocycles. The van der Waals surface area contributed by atoms with Crippen molar-refractivity contribution >= 4 is 0 Å². The molecule has 4 heteroatoms. The first-order valence-electron chi connectivity index (χ1n) is 9.47. The summed E-state index contributed by atoms with van der Waals surface area (Å²) in [6.45, 7) is 12.4. The third kappa shape index (κ3) is 3.44. The minimum atomic E-state index is -0.586. The SMILES string of the molecule is C=C(C)[C@@H](CC[C@@]1(C)CC[C@]2(C)O[C@H]2CC[C@](C)(O)[C@H]2C[C@@H]21)OO. The predicted octanol–water partition coefficient (Wildman–Crippen LogP) is 4.33. The van der Waals surface area contributed by atoms with Gasteiger partial charge >= 0.3 is 0 Å². The lowest BCUT2D eigenvalue weighted by atomic mass is 9.71. The molecule has 7 atom stereocenters. The largest absolute Gasteiger partial charge is 0.390 e. The van der Waals surface area contributed by atoms with Gasteiger partial charge < -0.3 is 9.84 Å². The molecule has 0 amide bonds. The number of rotatable bonds is 5. The molecule has 0 unspecified atom stereocenters. The molecule has 3 aliphatic rings. The summed E-state index contributed by atoms with van der Waals surface area (Å²) in [4.78, 5) is 4.61. The monoisotopic (exact) mass is 338 g/mol. The molecule has 3 fully saturated rings. The molecule has 2 N–H and O–H groups in total. The van der Waals surface area contributed by atoms with Gasteiger partial charge in [0.25, 0.3) is 0 Å². The van der Waals surface area contributed by atoms with Gasteiger partial charge in [-0.3, -0.25) is 5.26 Å². The molecule has 1 heterocycles. The fourth-order valence-electron chi connectivity index (χ4n) is 5.02. The summed E-state index contributed by atoms with van der Waals surface area (Å²) in [5.74, 6) is 0.944. The Balaban J connectivity index is 1.73. The highest BCUT2D eigenvalue weighted by Crippen LogP contribution is 2.62. The van der Waals surface area contributed by atoms with Crippen LogP contribution < -0.4 is 0 Å². The Hall–Kier alpha value is -0.420. The van der Waals surface area contributed by atoms with Crippen LogP contribution in [0, 0.1) is 17.3 Å². The van der Waals surface area contributed by atoms with Crippen LogP contribution in [-0.2, 0) is 9.62 Å². The zero-order valence-electron chi connectivity index (χ0n) is 15.7. The predicted molar refractivity (Wildman–Crippen MR) is 93.6 cm³/mol. The number of ether oxygens (including phenoxy) is 1. The van der Waals surface area contributed by atoms with Crippen molar-refractivity contribution in [1.29, 1.82) is 0 Å². The maximum absolute atomic E-state index is 10.9. The first kappa shape index (κ1) is 18.4. The average molecular weight is 338 g/mol. The molecule has 0 radical (unpaired) electrons. The number of epoxide rings is 1. The summed E-state index contributed by atoms with van der Waals surface area (Å²) in [7, 11) is 0. The van der Waals surface area contributed by atoms with E-state index in [1.807, 2.05) is 13.8 Å². The molecule has 0 bridgehead atoms. The van der Waals surface area contributed by atoms with Gasteiger partial charge in [0.2, 0.25) is 0 Å². The Morgan fingerprint density at radius 1 is 1.25 bits per heavy atom. The minimum absolute atomic E-state index is 0.000298. The van der Waals surface area contributed by atoms with E-state index in [1.165, 1.54) is 0 Å². The lowest BCUT2D eigenvalue weighted by Crippen LogP contribution is -2.34. The van der Waals surface area contributed by atoms with Crippen molar-refractivity contribution in [2.45, 2.75) is 96.1 Å². The lowest BCUT2D eigenvalue weighted by Gasteiger charge is -2.35. The smallest absolute Gasteiger partial charge is 0.113 e. The second kappa shape index (κ2) is 6.08. The van der Waals surface area contributed by atoms with Crippen molar-refractivity contribution < 1.29 is 20.0 Å². The van der Waals surface area contributed by atoms with Gasteiger partial charge in [-0.05, 0) is 88.5 Å². The van der Waals surface area contributed by atoms with Crippen LogP contribution in [0.1, 0.15) is 72.6 Å². The van der Waals surface area contributed by atoms with Crippen LogP contribution in [0.15, 0.2) is 12.2 Å². The normalized spacial score (nSPS) is 48.8. The highest BCUT2D eigenvalue weighted by molar-refractivity contribution is 5.10. The summed E-state index contributed by atoms with van der Waals surface area (Å²) in [5, 5.41) is 20.1. The zero-order chi connectivity index (χ0) is 17.8. The topological polar surface area (TPSA) is 62.2 Å². The molecule has 0 aromatic heterocycles.